The van der Waals surface area contributed by atoms with Gasteiger partial charge in [0, 0.05) is 28.6 Å². The van der Waals surface area contributed by atoms with Crippen molar-refractivity contribution in [1.29, 1.82) is 5.26 Å². The van der Waals surface area contributed by atoms with Crippen LogP contribution < -0.4 is 0 Å². The second-order valence-electron chi connectivity index (χ2n) is 0.224. The third-order valence-corrected chi connectivity index (χ3v) is 0. The fourth-order valence-electron chi connectivity index (χ4n) is 0. The van der Waals surface area contributed by atoms with Crippen LogP contribution in [0.3, 0.4) is 0 Å². The SMILES string of the molecule is CC#N.Cl.Cl.Cl.Cl.[Ti]. The molecule has 0 radical (unpaired) electrons. The molecule has 0 aromatic carbocycles. The van der Waals surface area contributed by atoms with Gasteiger partial charge < -0.3 is 0 Å². The minimum Gasteiger partial charge on any atom is -0.199 e. The molecule has 52 valence electrons. The number of halogens is 4. The Morgan fingerprint density at radius 1 is 1.00 bits per heavy atom. The van der Waals surface area contributed by atoms with Gasteiger partial charge in [-0.15, -0.1) is 49.6 Å². The molecule has 0 N–H and O–H groups in total. The van der Waals surface area contributed by atoms with Crippen molar-refractivity contribution < 1.29 is 21.7 Å². The summed E-state index contributed by atoms with van der Waals surface area (Å²) in [7, 11) is 0. The van der Waals surface area contributed by atoms with Gasteiger partial charge in [-0.2, -0.15) is 5.26 Å². The van der Waals surface area contributed by atoms with Crippen molar-refractivity contribution in [2.45, 2.75) is 6.92 Å². The van der Waals surface area contributed by atoms with Crippen molar-refractivity contribution in [3.8, 4) is 6.07 Å². The number of hydrogen-bond acceptors (Lipinski definition) is 1. The molecule has 0 saturated heterocycles. The number of nitriles is 1. The van der Waals surface area contributed by atoms with E-state index in [1.165, 1.54) is 6.92 Å². The van der Waals surface area contributed by atoms with E-state index in [1.54, 1.807) is 6.07 Å². The Bertz CT molecular complexity index is 35.5. The van der Waals surface area contributed by atoms with Crippen molar-refractivity contribution in [2.24, 2.45) is 0 Å². The molecule has 0 aliphatic rings. The molecule has 0 aromatic heterocycles. The second kappa shape index (κ2) is 81.2. The van der Waals surface area contributed by atoms with Gasteiger partial charge in [-0.3, -0.25) is 0 Å². The number of nitrogens with zero attached hydrogens (tertiary/aromatic N) is 1. The molecule has 8 heavy (non-hydrogen) atoms. The predicted octanol–water partition coefficient (Wildman–Crippen LogP) is 2.21. The maximum absolute atomic E-state index is 7.32. The Hall–Kier alpha value is 1.36. The summed E-state index contributed by atoms with van der Waals surface area (Å²) in [5.41, 5.74) is 0. The Labute approximate surface area is 89.1 Å². The normalized spacial score (nSPS) is 1.00. The summed E-state index contributed by atoms with van der Waals surface area (Å²) in [6.07, 6.45) is 0. The number of hydrogen-bond donors (Lipinski definition) is 0. The van der Waals surface area contributed by atoms with Crippen LogP contribution >= 0.6 is 49.6 Å². The van der Waals surface area contributed by atoms with Gasteiger partial charge in [-0.05, 0) is 0 Å². The Kier molecular flexibility index (Phi) is 587. The van der Waals surface area contributed by atoms with E-state index in [0.717, 1.165) is 0 Å². The molecule has 0 aliphatic heterocycles. The van der Waals surface area contributed by atoms with Gasteiger partial charge >= 0.3 is 0 Å². The first-order valence-electron chi connectivity index (χ1n) is 0.724. The van der Waals surface area contributed by atoms with Crippen LogP contribution in [-0.4, -0.2) is 0 Å². The van der Waals surface area contributed by atoms with Crippen LogP contribution in [0.4, 0.5) is 0 Å². The summed E-state index contributed by atoms with van der Waals surface area (Å²) in [5, 5.41) is 7.32. The summed E-state index contributed by atoms with van der Waals surface area (Å²) >= 11 is 0. The summed E-state index contributed by atoms with van der Waals surface area (Å²) in [5.74, 6) is 0. The van der Waals surface area contributed by atoms with E-state index in [-0.39, 0.29) is 71.3 Å². The fraction of sp³-hybridized carbons (Fsp3) is 0.500. The molecule has 0 aliphatic carbocycles. The van der Waals surface area contributed by atoms with Gasteiger partial charge in [0.15, 0.2) is 0 Å². The van der Waals surface area contributed by atoms with E-state index >= 15 is 0 Å². The van der Waals surface area contributed by atoms with Gasteiger partial charge in [0.05, 0.1) is 6.07 Å². The van der Waals surface area contributed by atoms with E-state index in [1.807, 2.05) is 0 Å². The molecule has 0 rings (SSSR count). The molecular weight excluding hydrogens is 228 g/mol. The average molecular weight is 235 g/mol. The molecule has 0 fully saturated rings. The smallest absolute Gasteiger partial charge is 0.0587 e. The predicted molar refractivity (Wildman–Crippen MR) is 40.3 cm³/mol. The molecule has 0 spiro atoms. The third-order valence-electron chi connectivity index (χ3n) is 0. The van der Waals surface area contributed by atoms with Gasteiger partial charge in [-0.25, -0.2) is 0 Å². The van der Waals surface area contributed by atoms with E-state index in [9.17, 15) is 0 Å². The standard InChI is InChI=1S/C2H3N.4ClH.Ti/c1-2-3;;;;;/h1H3;4*1H;. The van der Waals surface area contributed by atoms with Gasteiger partial charge in [0.25, 0.3) is 0 Å². The van der Waals surface area contributed by atoms with Gasteiger partial charge in [0.2, 0.25) is 0 Å². The van der Waals surface area contributed by atoms with Crippen molar-refractivity contribution in [3.05, 3.63) is 0 Å². The Morgan fingerprint density at radius 2 is 1.00 bits per heavy atom. The third kappa shape index (κ3) is 160. The van der Waals surface area contributed by atoms with Crippen LogP contribution in [0.2, 0.25) is 0 Å². The van der Waals surface area contributed by atoms with Crippen LogP contribution in [0.1, 0.15) is 6.92 Å². The van der Waals surface area contributed by atoms with Gasteiger partial charge in [0.1, 0.15) is 0 Å². The topological polar surface area (TPSA) is 23.8 Å². The minimum atomic E-state index is 0. The summed E-state index contributed by atoms with van der Waals surface area (Å²) in [4.78, 5) is 0. The van der Waals surface area contributed by atoms with Crippen molar-refractivity contribution in [1.82, 2.24) is 0 Å². The van der Waals surface area contributed by atoms with Gasteiger partial charge in [-0.1, -0.05) is 0 Å². The molecule has 0 atom stereocenters. The van der Waals surface area contributed by atoms with E-state index in [2.05, 4.69) is 0 Å². The summed E-state index contributed by atoms with van der Waals surface area (Å²) in [6, 6.07) is 1.75. The first kappa shape index (κ1) is 57.9. The van der Waals surface area contributed by atoms with Crippen LogP contribution in [0.25, 0.3) is 0 Å². The van der Waals surface area contributed by atoms with Crippen molar-refractivity contribution >= 4 is 49.6 Å². The summed E-state index contributed by atoms with van der Waals surface area (Å²) in [6.45, 7) is 1.43. The maximum Gasteiger partial charge on any atom is 0.0587 e. The fourth-order valence-corrected chi connectivity index (χ4v) is 0. The molecule has 6 heteroatoms. The summed E-state index contributed by atoms with van der Waals surface area (Å²) < 4.78 is 0. The molecule has 0 saturated carbocycles. The molecule has 0 unspecified atom stereocenters. The quantitative estimate of drug-likeness (QED) is 0.590. The van der Waals surface area contributed by atoms with Crippen LogP contribution in [0.15, 0.2) is 0 Å². The van der Waals surface area contributed by atoms with Crippen LogP contribution in [0.5, 0.6) is 0 Å². The van der Waals surface area contributed by atoms with E-state index in [0.29, 0.717) is 0 Å². The monoisotopic (exact) mass is 233 g/mol. The molecule has 1 nitrogen and oxygen atoms in total. The van der Waals surface area contributed by atoms with E-state index in [4.69, 9.17) is 5.26 Å². The van der Waals surface area contributed by atoms with Crippen molar-refractivity contribution in [3.63, 3.8) is 0 Å². The molecule has 0 amide bonds. The van der Waals surface area contributed by atoms with Crippen LogP contribution in [0, 0.1) is 11.3 Å². The first-order valence-corrected chi connectivity index (χ1v) is 0.724. The Morgan fingerprint density at radius 3 is 1.00 bits per heavy atom. The Balaban J connectivity index is -0.00000000200. The van der Waals surface area contributed by atoms with E-state index < -0.39 is 0 Å². The maximum atomic E-state index is 7.32. The zero-order valence-electron chi connectivity index (χ0n) is 4.08. The van der Waals surface area contributed by atoms with Crippen LogP contribution in [-0.2, 0) is 21.7 Å². The number of rotatable bonds is 0. The van der Waals surface area contributed by atoms with Crippen molar-refractivity contribution in [2.75, 3.05) is 0 Å². The average Bonchev–Trinajstić information content (AvgIpc) is 0.918. The molecule has 0 bridgehead atoms. The zero-order valence-corrected chi connectivity index (χ0v) is 8.91. The minimum absolute atomic E-state index is 0. The second-order valence-corrected chi connectivity index (χ2v) is 0.224. The molecule has 0 heterocycles. The first-order chi connectivity index (χ1) is 1.41. The largest absolute Gasteiger partial charge is 0.199 e. The zero-order chi connectivity index (χ0) is 2.71. The molecule has 0 aromatic rings. The molecular formula is C2H7Cl4NTi.